The Morgan fingerprint density at radius 2 is 0.417 bits per heavy atom. The molecule has 0 spiro atoms. The second-order valence-electron chi connectivity index (χ2n) is 26.4. The monoisotopic (exact) mass is 1480 g/mol. The highest BCUT2D eigenvalue weighted by molar-refractivity contribution is 5.78. The third-order valence-corrected chi connectivity index (χ3v) is 16.5. The van der Waals surface area contributed by atoms with Crippen molar-refractivity contribution in [2.75, 3.05) is 211 Å². The van der Waals surface area contributed by atoms with Crippen LogP contribution in [-0.2, 0) is 90.4 Å². The molecule has 0 rings (SSSR count). The molecule has 0 fully saturated rings. The third kappa shape index (κ3) is 80.2. The molecule has 26 heteroatoms. The van der Waals surface area contributed by atoms with Crippen LogP contribution in [0.25, 0.3) is 0 Å². The van der Waals surface area contributed by atoms with Gasteiger partial charge in [-0.3, -0.25) is 33.6 Å². The van der Waals surface area contributed by atoms with Crippen molar-refractivity contribution < 1.29 is 90.4 Å². The first-order chi connectivity index (χ1) is 50.5. The van der Waals surface area contributed by atoms with Gasteiger partial charge < -0.3 is 93.6 Å². The third-order valence-electron chi connectivity index (χ3n) is 16.5. The Morgan fingerprint density at radius 3 is 0.650 bits per heavy atom. The fraction of sp³-hybridized carbons (Fsp3) is 0.909. The highest BCUT2D eigenvalue weighted by Crippen LogP contribution is 2.15. The highest BCUT2D eigenvalue weighted by Gasteiger charge is 2.16. The van der Waals surface area contributed by atoms with Crippen LogP contribution in [-0.4, -0.2) is 257 Å². The van der Waals surface area contributed by atoms with Gasteiger partial charge in [0.05, 0.1) is 159 Å². The molecule has 0 saturated carbocycles. The van der Waals surface area contributed by atoms with Gasteiger partial charge in [0.2, 0.25) is 41.4 Å². The zero-order valence-electron chi connectivity index (χ0n) is 65.2. The topological polar surface area (TPSA) is 306 Å². The van der Waals surface area contributed by atoms with Crippen molar-refractivity contribution in [1.82, 2.24) is 36.8 Å². The Balaban J connectivity index is 3.61. The van der Waals surface area contributed by atoms with Gasteiger partial charge in [-0.05, 0) is 18.8 Å². The van der Waals surface area contributed by atoms with E-state index < -0.39 is 0 Å². The van der Waals surface area contributed by atoms with Gasteiger partial charge in [-0.25, -0.2) is 0 Å². The number of ether oxygens (including phenoxy) is 12. The van der Waals surface area contributed by atoms with Gasteiger partial charge in [-0.1, -0.05) is 182 Å². The van der Waals surface area contributed by atoms with Crippen LogP contribution >= 0.6 is 0 Å². The van der Waals surface area contributed by atoms with Crippen molar-refractivity contribution >= 4 is 41.4 Å². The van der Waals surface area contributed by atoms with Crippen molar-refractivity contribution in [2.24, 2.45) is 5.92 Å². The summed E-state index contributed by atoms with van der Waals surface area (Å²) in [7, 11) is 0. The first-order valence-electron chi connectivity index (χ1n) is 40.3. The first kappa shape index (κ1) is 98.8. The standard InChI is InChI=1S/C77H149N7O19/c1-5-7-9-11-13-15-17-19-21-23-25-27-29-31-71(85)78-39-51-96-53-41-82-73(87)33-45-92-49-37-80-75(89)35-47-94-57-61-100-65-67-102-63-59-98-55-43-84(77(91)69-70(3)4)44-56-99-60-64-103-68-66-101-62-58-95-48-36-76(90)81-38-50-93-46-34-74(88)83-42-54-97-52-40-79-72(86)32-30-28-26-24-22-20-18-16-14-12-10-8-6-2/h70H,5-69H2,1-4H3,(H,78,85)(H,79,86)(H,80,89)(H,81,90)(H,82,87)(H,83,88). The number of carbonyl (C=O) groups excluding carboxylic acids is 7. The molecule has 103 heavy (non-hydrogen) atoms. The molecular weight excluding hydrogens is 1330 g/mol. The zero-order valence-corrected chi connectivity index (χ0v) is 65.2. The van der Waals surface area contributed by atoms with Gasteiger partial charge in [0.15, 0.2) is 0 Å². The molecular formula is C77H149N7O19. The lowest BCUT2D eigenvalue weighted by Gasteiger charge is -2.23. The van der Waals surface area contributed by atoms with E-state index in [4.69, 9.17) is 56.8 Å². The summed E-state index contributed by atoms with van der Waals surface area (Å²) in [5, 5.41) is 16.9. The van der Waals surface area contributed by atoms with Crippen LogP contribution in [0.4, 0.5) is 0 Å². The molecule has 0 atom stereocenters. The van der Waals surface area contributed by atoms with Crippen molar-refractivity contribution in [2.45, 2.75) is 240 Å². The minimum atomic E-state index is -0.157. The predicted molar refractivity (Wildman–Crippen MR) is 403 cm³/mol. The zero-order chi connectivity index (χ0) is 74.9. The lowest BCUT2D eigenvalue weighted by Crippen LogP contribution is -2.37. The van der Waals surface area contributed by atoms with Crippen LogP contribution in [0.15, 0.2) is 0 Å². The SMILES string of the molecule is CCCCCCCCCCCCCCCC(=O)NCCOCCNC(=O)CCOCCNC(=O)CCOCCOCCOCCOCCN(CCOCCOCCOCCOCCC(=O)NCCOCCC(=O)NCCOCCNC(=O)CCCCCCCCCCCCCCC)C(=O)CC(C)C. The molecule has 0 aromatic carbocycles. The Kier molecular flexibility index (Phi) is 78.5. The van der Waals surface area contributed by atoms with Crippen molar-refractivity contribution in [3.05, 3.63) is 0 Å². The fourth-order valence-corrected chi connectivity index (χ4v) is 10.5. The summed E-state index contributed by atoms with van der Waals surface area (Å²) in [6, 6.07) is 0. The number of hydrogen-bond acceptors (Lipinski definition) is 19. The quantitative estimate of drug-likeness (QED) is 0.0309. The van der Waals surface area contributed by atoms with E-state index in [2.05, 4.69) is 45.7 Å². The van der Waals surface area contributed by atoms with Crippen LogP contribution in [0.5, 0.6) is 0 Å². The number of nitrogens with zero attached hydrogens (tertiary/aromatic N) is 1. The minimum Gasteiger partial charge on any atom is -0.379 e. The molecule has 0 aliphatic heterocycles. The summed E-state index contributed by atoms with van der Waals surface area (Å²) in [4.78, 5) is 87.3. The number of amides is 7. The van der Waals surface area contributed by atoms with E-state index in [1.807, 2.05) is 13.8 Å². The van der Waals surface area contributed by atoms with Crippen molar-refractivity contribution in [1.29, 1.82) is 0 Å². The Bertz CT molecular complexity index is 1800. The fourth-order valence-electron chi connectivity index (χ4n) is 10.5. The van der Waals surface area contributed by atoms with Crippen LogP contribution in [0.3, 0.4) is 0 Å². The molecule has 6 N–H and O–H groups in total. The molecule has 0 unspecified atom stereocenters. The largest absolute Gasteiger partial charge is 0.379 e. The van der Waals surface area contributed by atoms with Crippen LogP contribution in [0, 0.1) is 5.92 Å². The normalized spacial score (nSPS) is 11.3. The van der Waals surface area contributed by atoms with Gasteiger partial charge >= 0.3 is 0 Å². The summed E-state index contributed by atoms with van der Waals surface area (Å²) < 4.78 is 66.8. The van der Waals surface area contributed by atoms with E-state index in [-0.39, 0.29) is 113 Å². The summed E-state index contributed by atoms with van der Waals surface area (Å²) >= 11 is 0. The second-order valence-corrected chi connectivity index (χ2v) is 26.4. The van der Waals surface area contributed by atoms with Gasteiger partial charge in [-0.15, -0.1) is 0 Å². The Hall–Kier alpha value is -4.19. The molecule has 0 aromatic rings. The summed E-state index contributed by atoms with van der Waals surface area (Å²) in [5.74, 6) is -0.215. The first-order valence-corrected chi connectivity index (χ1v) is 40.3. The molecule has 606 valence electrons. The highest BCUT2D eigenvalue weighted by atomic mass is 16.6. The van der Waals surface area contributed by atoms with Crippen LogP contribution in [0.2, 0.25) is 0 Å². The smallest absolute Gasteiger partial charge is 0.222 e. The van der Waals surface area contributed by atoms with Crippen LogP contribution in [0.1, 0.15) is 240 Å². The van der Waals surface area contributed by atoms with Gasteiger partial charge in [0, 0.05) is 97.3 Å². The maximum absolute atomic E-state index is 12.9. The molecule has 0 saturated heterocycles. The van der Waals surface area contributed by atoms with E-state index in [1.165, 1.54) is 141 Å². The van der Waals surface area contributed by atoms with Gasteiger partial charge in [-0.2, -0.15) is 0 Å². The molecule has 0 aromatic heterocycles. The molecule has 0 radical (unpaired) electrons. The average Bonchev–Trinajstić information content (AvgIpc) is 1.83. The minimum absolute atomic E-state index is 0.0478. The van der Waals surface area contributed by atoms with E-state index in [9.17, 15) is 33.6 Å². The molecule has 26 nitrogen and oxygen atoms in total. The number of carbonyl (C=O) groups is 7. The summed E-state index contributed by atoms with van der Waals surface area (Å²) in [5.41, 5.74) is 0. The summed E-state index contributed by atoms with van der Waals surface area (Å²) in [6.45, 7) is 20.0. The molecule has 0 aliphatic rings. The molecule has 7 amide bonds. The maximum atomic E-state index is 12.9. The predicted octanol–water partition coefficient (Wildman–Crippen LogP) is 9.28. The summed E-state index contributed by atoms with van der Waals surface area (Å²) in [6.07, 6.45) is 35.6. The number of hydrogen-bond donors (Lipinski definition) is 6. The lowest BCUT2D eigenvalue weighted by atomic mass is 10.0. The van der Waals surface area contributed by atoms with E-state index in [0.717, 1.165) is 25.7 Å². The van der Waals surface area contributed by atoms with Crippen molar-refractivity contribution in [3.8, 4) is 0 Å². The van der Waals surface area contributed by atoms with Gasteiger partial charge in [0.1, 0.15) is 0 Å². The van der Waals surface area contributed by atoms with Crippen molar-refractivity contribution in [3.63, 3.8) is 0 Å². The number of nitrogens with one attached hydrogen (secondary N) is 6. The maximum Gasteiger partial charge on any atom is 0.222 e. The van der Waals surface area contributed by atoms with Gasteiger partial charge in [0.25, 0.3) is 0 Å². The molecule has 0 bridgehead atoms. The lowest BCUT2D eigenvalue weighted by molar-refractivity contribution is -0.134. The van der Waals surface area contributed by atoms with E-state index in [0.29, 0.717) is 191 Å². The Morgan fingerprint density at radius 1 is 0.233 bits per heavy atom. The number of unbranched alkanes of at least 4 members (excludes halogenated alkanes) is 24. The molecule has 0 heterocycles. The van der Waals surface area contributed by atoms with E-state index >= 15 is 0 Å². The Labute approximate surface area is 622 Å². The van der Waals surface area contributed by atoms with E-state index in [1.54, 1.807) is 4.90 Å². The molecule has 0 aliphatic carbocycles. The number of rotatable bonds is 84. The average molecular weight is 1480 g/mol. The van der Waals surface area contributed by atoms with Crippen LogP contribution < -0.4 is 31.9 Å². The second kappa shape index (κ2) is 81.9.